The number of anilines is 1. The van der Waals surface area contributed by atoms with Gasteiger partial charge in [0.15, 0.2) is 0 Å². The molecule has 1 N–H and O–H groups in total. The van der Waals surface area contributed by atoms with Crippen LogP contribution in [0.5, 0.6) is 0 Å². The van der Waals surface area contributed by atoms with E-state index in [1.807, 2.05) is 48.3 Å². The average molecular weight is 333 g/mol. The zero-order valence-corrected chi connectivity index (χ0v) is 13.4. The van der Waals surface area contributed by atoms with Crippen LogP contribution in [0.3, 0.4) is 0 Å². The SMILES string of the molecule is Cn1c(-c2ccc(Cl)c(Cl)c2)cnc1NCc1cccnc1. The second-order valence-electron chi connectivity index (χ2n) is 4.87. The molecule has 0 spiro atoms. The van der Waals surface area contributed by atoms with Crippen molar-refractivity contribution in [3.63, 3.8) is 0 Å². The molecule has 0 atom stereocenters. The van der Waals surface area contributed by atoms with Gasteiger partial charge in [0, 0.05) is 31.5 Å². The van der Waals surface area contributed by atoms with Crippen molar-refractivity contribution in [1.29, 1.82) is 0 Å². The first kappa shape index (κ1) is 14.9. The van der Waals surface area contributed by atoms with Gasteiger partial charge in [-0.25, -0.2) is 4.98 Å². The molecule has 3 rings (SSSR count). The Labute approximate surface area is 138 Å². The molecule has 22 heavy (non-hydrogen) atoms. The lowest BCUT2D eigenvalue weighted by molar-refractivity contribution is 0.905. The van der Waals surface area contributed by atoms with Gasteiger partial charge < -0.3 is 9.88 Å². The van der Waals surface area contributed by atoms with Crippen LogP contribution in [-0.2, 0) is 13.6 Å². The molecule has 1 aromatic carbocycles. The maximum atomic E-state index is 6.08. The third-order valence-electron chi connectivity index (χ3n) is 3.38. The number of hydrogen-bond acceptors (Lipinski definition) is 3. The summed E-state index contributed by atoms with van der Waals surface area (Å²) >= 11 is 12.0. The van der Waals surface area contributed by atoms with Crippen molar-refractivity contribution in [1.82, 2.24) is 14.5 Å². The van der Waals surface area contributed by atoms with Crippen molar-refractivity contribution >= 4 is 29.2 Å². The number of nitrogens with zero attached hydrogens (tertiary/aromatic N) is 3. The highest BCUT2D eigenvalue weighted by Gasteiger charge is 2.10. The molecule has 0 amide bonds. The smallest absolute Gasteiger partial charge is 0.203 e. The van der Waals surface area contributed by atoms with Gasteiger partial charge in [0.1, 0.15) is 0 Å². The van der Waals surface area contributed by atoms with Crippen molar-refractivity contribution in [2.24, 2.45) is 7.05 Å². The molecule has 0 saturated carbocycles. The highest BCUT2D eigenvalue weighted by Crippen LogP contribution is 2.29. The minimum absolute atomic E-state index is 0.533. The van der Waals surface area contributed by atoms with Crippen LogP contribution < -0.4 is 5.32 Å². The van der Waals surface area contributed by atoms with Gasteiger partial charge in [-0.15, -0.1) is 0 Å². The van der Waals surface area contributed by atoms with E-state index in [-0.39, 0.29) is 0 Å². The second kappa shape index (κ2) is 6.38. The molecule has 0 fully saturated rings. The van der Waals surface area contributed by atoms with Gasteiger partial charge in [0.25, 0.3) is 0 Å². The van der Waals surface area contributed by atoms with E-state index in [1.54, 1.807) is 12.3 Å². The van der Waals surface area contributed by atoms with E-state index in [9.17, 15) is 0 Å². The van der Waals surface area contributed by atoms with E-state index in [0.717, 1.165) is 22.8 Å². The van der Waals surface area contributed by atoms with Gasteiger partial charge in [-0.1, -0.05) is 35.3 Å². The Hall–Kier alpha value is -2.04. The Balaban J connectivity index is 1.81. The Morgan fingerprint density at radius 2 is 2.00 bits per heavy atom. The molecule has 0 saturated heterocycles. The second-order valence-corrected chi connectivity index (χ2v) is 5.68. The molecule has 2 heterocycles. The summed E-state index contributed by atoms with van der Waals surface area (Å²) in [5, 5.41) is 4.37. The summed E-state index contributed by atoms with van der Waals surface area (Å²) in [6, 6.07) is 9.48. The zero-order valence-electron chi connectivity index (χ0n) is 11.9. The number of hydrogen-bond donors (Lipinski definition) is 1. The largest absolute Gasteiger partial charge is 0.352 e. The summed E-state index contributed by atoms with van der Waals surface area (Å²) < 4.78 is 1.98. The summed E-state index contributed by atoms with van der Waals surface area (Å²) in [6.45, 7) is 0.666. The van der Waals surface area contributed by atoms with Crippen LogP contribution in [0.1, 0.15) is 5.56 Å². The molecule has 0 unspecified atom stereocenters. The number of benzene rings is 1. The molecule has 0 radical (unpaired) electrons. The number of rotatable bonds is 4. The third kappa shape index (κ3) is 3.08. The lowest BCUT2D eigenvalue weighted by atomic mass is 10.2. The van der Waals surface area contributed by atoms with Crippen LogP contribution >= 0.6 is 23.2 Å². The third-order valence-corrected chi connectivity index (χ3v) is 4.12. The summed E-state index contributed by atoms with van der Waals surface area (Å²) in [4.78, 5) is 8.51. The molecule has 6 heteroatoms. The van der Waals surface area contributed by atoms with E-state index in [4.69, 9.17) is 23.2 Å². The number of nitrogens with one attached hydrogen (secondary N) is 1. The van der Waals surface area contributed by atoms with E-state index in [0.29, 0.717) is 16.6 Å². The molecule has 0 aliphatic heterocycles. The fourth-order valence-corrected chi connectivity index (χ4v) is 2.48. The van der Waals surface area contributed by atoms with E-state index < -0.39 is 0 Å². The van der Waals surface area contributed by atoms with Crippen molar-refractivity contribution in [2.45, 2.75) is 6.54 Å². The molecule has 0 aliphatic rings. The van der Waals surface area contributed by atoms with Crippen LogP contribution in [-0.4, -0.2) is 14.5 Å². The quantitative estimate of drug-likeness (QED) is 0.769. The molecule has 2 aromatic heterocycles. The van der Waals surface area contributed by atoms with Crippen molar-refractivity contribution in [2.75, 3.05) is 5.32 Å². The fourth-order valence-electron chi connectivity index (χ4n) is 2.18. The number of pyridine rings is 1. The van der Waals surface area contributed by atoms with Gasteiger partial charge >= 0.3 is 0 Å². The molecular weight excluding hydrogens is 319 g/mol. The Morgan fingerprint density at radius 1 is 1.14 bits per heavy atom. The first-order valence-corrected chi connectivity index (χ1v) is 7.50. The standard InChI is InChI=1S/C16H14Cl2N4/c1-22-15(12-4-5-13(17)14(18)7-12)10-21-16(22)20-9-11-3-2-6-19-8-11/h2-8,10H,9H2,1H3,(H,20,21). The van der Waals surface area contributed by atoms with Gasteiger partial charge in [-0.3, -0.25) is 4.98 Å². The molecule has 0 bridgehead atoms. The van der Waals surface area contributed by atoms with Crippen molar-refractivity contribution in [3.8, 4) is 11.3 Å². The fraction of sp³-hybridized carbons (Fsp3) is 0.125. The van der Waals surface area contributed by atoms with E-state index in [1.165, 1.54) is 0 Å². The van der Waals surface area contributed by atoms with Crippen LogP contribution in [0.25, 0.3) is 11.3 Å². The normalized spacial score (nSPS) is 10.7. The van der Waals surface area contributed by atoms with Gasteiger partial charge in [0.05, 0.1) is 21.9 Å². The summed E-state index contributed by atoms with van der Waals surface area (Å²) in [5.74, 6) is 0.782. The minimum atomic E-state index is 0.533. The monoisotopic (exact) mass is 332 g/mol. The van der Waals surface area contributed by atoms with E-state index >= 15 is 0 Å². The number of halogens is 2. The molecular formula is C16H14Cl2N4. The van der Waals surface area contributed by atoms with Crippen LogP contribution in [0, 0.1) is 0 Å². The van der Waals surface area contributed by atoms with Crippen LogP contribution in [0.4, 0.5) is 5.95 Å². The summed E-state index contributed by atoms with van der Waals surface area (Å²) in [7, 11) is 1.95. The van der Waals surface area contributed by atoms with Gasteiger partial charge in [-0.05, 0) is 23.8 Å². The average Bonchev–Trinajstić information content (AvgIpc) is 2.90. The summed E-state index contributed by atoms with van der Waals surface area (Å²) in [5.41, 5.74) is 3.03. The highest BCUT2D eigenvalue weighted by molar-refractivity contribution is 6.42. The topological polar surface area (TPSA) is 42.7 Å². The first-order valence-electron chi connectivity index (χ1n) is 6.75. The van der Waals surface area contributed by atoms with Crippen LogP contribution in [0.2, 0.25) is 10.0 Å². The maximum absolute atomic E-state index is 6.08. The maximum Gasteiger partial charge on any atom is 0.203 e. The molecule has 3 aromatic rings. The molecule has 112 valence electrons. The lowest BCUT2D eigenvalue weighted by Crippen LogP contribution is -2.05. The predicted molar refractivity (Wildman–Crippen MR) is 90.2 cm³/mol. The van der Waals surface area contributed by atoms with Gasteiger partial charge in [-0.2, -0.15) is 0 Å². The Bertz CT molecular complexity index is 784. The predicted octanol–water partition coefficient (Wildman–Crippen LogP) is 4.40. The van der Waals surface area contributed by atoms with E-state index in [2.05, 4.69) is 15.3 Å². The lowest BCUT2D eigenvalue weighted by Gasteiger charge is -2.09. The first-order chi connectivity index (χ1) is 10.6. The summed E-state index contributed by atoms with van der Waals surface area (Å²) in [6.07, 6.45) is 5.40. The minimum Gasteiger partial charge on any atom is -0.352 e. The zero-order chi connectivity index (χ0) is 15.5. The molecule has 4 nitrogen and oxygen atoms in total. The molecule has 0 aliphatic carbocycles. The van der Waals surface area contributed by atoms with Crippen molar-refractivity contribution in [3.05, 3.63) is 64.5 Å². The Kier molecular flexibility index (Phi) is 4.32. The van der Waals surface area contributed by atoms with Crippen LogP contribution in [0.15, 0.2) is 48.9 Å². The highest BCUT2D eigenvalue weighted by atomic mass is 35.5. The number of aromatic nitrogens is 3. The van der Waals surface area contributed by atoms with Gasteiger partial charge in [0.2, 0.25) is 5.95 Å². The number of imidazole rings is 1. The Morgan fingerprint density at radius 3 is 2.73 bits per heavy atom. The van der Waals surface area contributed by atoms with Crippen molar-refractivity contribution < 1.29 is 0 Å².